The lowest BCUT2D eigenvalue weighted by Crippen LogP contribution is -2.51. The van der Waals surface area contributed by atoms with Gasteiger partial charge in [0.1, 0.15) is 0 Å². The normalized spacial score (nSPS) is 22.7. The third-order valence-corrected chi connectivity index (χ3v) is 7.14. The van der Waals surface area contributed by atoms with Crippen molar-refractivity contribution in [2.24, 2.45) is 5.92 Å². The summed E-state index contributed by atoms with van der Waals surface area (Å²) in [5.41, 5.74) is 0.340. The molecule has 0 radical (unpaired) electrons. The maximum absolute atomic E-state index is 12.9. The fraction of sp³-hybridized carbons (Fsp3) is 0.600. The van der Waals surface area contributed by atoms with Gasteiger partial charge < -0.3 is 14.5 Å². The molecule has 0 aromatic heterocycles. The fourth-order valence-electron chi connectivity index (χ4n) is 3.79. The summed E-state index contributed by atoms with van der Waals surface area (Å²) >= 11 is 0. The Kier molecular flexibility index (Phi) is 5.89. The van der Waals surface area contributed by atoms with Crippen molar-refractivity contribution in [2.45, 2.75) is 36.7 Å². The van der Waals surface area contributed by atoms with E-state index in [0.717, 1.165) is 25.7 Å². The van der Waals surface area contributed by atoms with Crippen LogP contribution in [0.5, 0.6) is 0 Å². The number of rotatable bonds is 6. The summed E-state index contributed by atoms with van der Waals surface area (Å²) < 4.78 is 33.2. The summed E-state index contributed by atoms with van der Waals surface area (Å²) in [6, 6.07) is 6.12. The van der Waals surface area contributed by atoms with Crippen molar-refractivity contribution < 1.29 is 22.7 Å². The largest absolute Gasteiger partial charge is 0.377 e. The quantitative estimate of drug-likeness (QED) is 0.734. The fourth-order valence-corrected chi connectivity index (χ4v) is 4.90. The van der Waals surface area contributed by atoms with E-state index < -0.39 is 10.0 Å². The van der Waals surface area contributed by atoms with Gasteiger partial charge in [0.05, 0.1) is 11.0 Å². The smallest absolute Gasteiger partial charge is 0.254 e. The van der Waals surface area contributed by atoms with Crippen molar-refractivity contribution in [3.05, 3.63) is 29.8 Å². The molecule has 1 aromatic carbocycles. The van der Waals surface area contributed by atoms with Crippen molar-refractivity contribution in [1.82, 2.24) is 14.5 Å². The van der Waals surface area contributed by atoms with Gasteiger partial charge in [0.25, 0.3) is 5.91 Å². The molecule has 3 fully saturated rings. The van der Waals surface area contributed by atoms with Gasteiger partial charge in [-0.25, -0.2) is 13.1 Å². The van der Waals surface area contributed by atoms with E-state index in [4.69, 9.17) is 4.74 Å². The Balaban J connectivity index is 1.37. The summed E-state index contributed by atoms with van der Waals surface area (Å²) in [6.07, 6.45) is 3.64. The molecule has 0 unspecified atom stereocenters. The van der Waals surface area contributed by atoms with Crippen LogP contribution in [-0.2, 0) is 19.6 Å². The third kappa shape index (κ3) is 4.79. The summed E-state index contributed by atoms with van der Waals surface area (Å²) in [6.45, 7) is 2.88. The zero-order valence-corrected chi connectivity index (χ0v) is 17.2. The molecule has 158 valence electrons. The highest BCUT2D eigenvalue weighted by molar-refractivity contribution is 7.89. The van der Waals surface area contributed by atoms with Gasteiger partial charge in [-0.2, -0.15) is 0 Å². The molecule has 2 heterocycles. The van der Waals surface area contributed by atoms with Crippen LogP contribution in [-0.4, -0.2) is 75.5 Å². The number of sulfonamides is 1. The second-order valence-corrected chi connectivity index (χ2v) is 9.67. The van der Waals surface area contributed by atoms with Crippen molar-refractivity contribution in [1.29, 1.82) is 0 Å². The molecule has 2 amide bonds. The minimum Gasteiger partial charge on any atom is -0.377 e. The molecule has 8 nitrogen and oxygen atoms in total. The molecule has 1 aliphatic carbocycles. The van der Waals surface area contributed by atoms with E-state index in [2.05, 4.69) is 4.72 Å². The zero-order valence-electron chi connectivity index (χ0n) is 16.4. The highest BCUT2D eigenvalue weighted by Crippen LogP contribution is 2.31. The van der Waals surface area contributed by atoms with Crippen LogP contribution in [0, 0.1) is 5.92 Å². The van der Waals surface area contributed by atoms with Crippen LogP contribution < -0.4 is 4.72 Å². The number of ether oxygens (including phenoxy) is 1. The number of piperazine rings is 1. The maximum Gasteiger partial charge on any atom is 0.254 e. The monoisotopic (exact) mass is 421 g/mol. The average Bonchev–Trinajstić information content (AvgIpc) is 3.47. The summed E-state index contributed by atoms with van der Waals surface area (Å²) in [5, 5.41) is 0. The van der Waals surface area contributed by atoms with Gasteiger partial charge in [0.2, 0.25) is 15.9 Å². The number of hydrogen-bond donors (Lipinski definition) is 1. The topological polar surface area (TPSA) is 96.0 Å². The highest BCUT2D eigenvalue weighted by Gasteiger charge is 2.35. The maximum atomic E-state index is 12.9. The summed E-state index contributed by atoms with van der Waals surface area (Å²) in [7, 11) is -3.71. The molecule has 2 saturated heterocycles. The zero-order chi connectivity index (χ0) is 20.4. The first-order valence-electron chi connectivity index (χ1n) is 10.2. The average molecular weight is 422 g/mol. The van der Waals surface area contributed by atoms with Crippen LogP contribution in [0.15, 0.2) is 29.2 Å². The predicted octanol–water partition coefficient (Wildman–Crippen LogP) is 0.838. The minimum absolute atomic E-state index is 0.0731. The molecule has 0 spiro atoms. The van der Waals surface area contributed by atoms with Crippen molar-refractivity contribution in [3.63, 3.8) is 0 Å². The molecule has 4 rings (SSSR count). The van der Waals surface area contributed by atoms with Gasteiger partial charge in [-0.1, -0.05) is 6.07 Å². The number of carbonyl (C=O) groups excluding carboxylic acids is 2. The van der Waals surface area contributed by atoms with Crippen LogP contribution in [0.25, 0.3) is 0 Å². The highest BCUT2D eigenvalue weighted by atomic mass is 32.2. The Labute approximate surface area is 171 Å². The molecule has 1 aromatic rings. The van der Waals surface area contributed by atoms with Gasteiger partial charge >= 0.3 is 0 Å². The Morgan fingerprint density at radius 2 is 1.79 bits per heavy atom. The van der Waals surface area contributed by atoms with Gasteiger partial charge in [-0.15, -0.1) is 0 Å². The molecular weight excluding hydrogens is 394 g/mol. The van der Waals surface area contributed by atoms with E-state index in [1.165, 1.54) is 12.1 Å². The lowest BCUT2D eigenvalue weighted by atomic mass is 10.1. The molecule has 3 aliphatic rings. The first-order valence-corrected chi connectivity index (χ1v) is 11.7. The van der Waals surface area contributed by atoms with Crippen LogP contribution in [0.3, 0.4) is 0 Å². The third-order valence-electron chi connectivity index (χ3n) is 5.72. The lowest BCUT2D eigenvalue weighted by Gasteiger charge is -2.35. The van der Waals surface area contributed by atoms with E-state index in [0.29, 0.717) is 38.3 Å². The predicted molar refractivity (Wildman–Crippen MR) is 106 cm³/mol. The number of carbonyl (C=O) groups is 2. The van der Waals surface area contributed by atoms with Crippen molar-refractivity contribution >= 4 is 21.8 Å². The second-order valence-electron chi connectivity index (χ2n) is 7.91. The van der Waals surface area contributed by atoms with Crippen LogP contribution in [0.1, 0.15) is 36.0 Å². The number of amides is 2. The van der Waals surface area contributed by atoms with Crippen LogP contribution in [0.4, 0.5) is 0 Å². The van der Waals surface area contributed by atoms with Gasteiger partial charge in [-0.3, -0.25) is 9.59 Å². The van der Waals surface area contributed by atoms with Crippen LogP contribution in [0.2, 0.25) is 0 Å². The Hall–Kier alpha value is -1.97. The van der Waals surface area contributed by atoms with E-state index in [1.807, 2.05) is 4.90 Å². The molecular formula is C20H27N3O5S. The number of hydrogen-bond acceptors (Lipinski definition) is 5. The molecule has 9 heteroatoms. The Morgan fingerprint density at radius 3 is 2.45 bits per heavy atom. The molecule has 1 saturated carbocycles. The van der Waals surface area contributed by atoms with E-state index >= 15 is 0 Å². The number of nitrogens with zero attached hydrogens (tertiary/aromatic N) is 2. The van der Waals surface area contributed by atoms with Crippen molar-refractivity contribution in [3.8, 4) is 0 Å². The Morgan fingerprint density at radius 1 is 1.07 bits per heavy atom. The van der Waals surface area contributed by atoms with Crippen molar-refractivity contribution in [2.75, 3.05) is 39.3 Å². The van der Waals surface area contributed by atoms with Gasteiger partial charge in [0, 0.05) is 50.8 Å². The SMILES string of the molecule is O=C(c1cccc(S(=O)(=O)NC[C@H]2CCCO2)c1)N1CCN(C(=O)C2CC2)CC1. The summed E-state index contributed by atoms with van der Waals surface area (Å²) in [5.74, 6) is 0.170. The van der Waals surface area contributed by atoms with E-state index in [1.54, 1.807) is 17.0 Å². The van der Waals surface area contributed by atoms with E-state index in [-0.39, 0.29) is 35.3 Å². The van der Waals surface area contributed by atoms with Gasteiger partial charge in [0.15, 0.2) is 0 Å². The minimum atomic E-state index is -3.71. The summed E-state index contributed by atoms with van der Waals surface area (Å²) in [4.78, 5) is 28.6. The molecule has 1 atom stereocenters. The molecule has 0 bridgehead atoms. The Bertz CT molecular complexity index is 870. The second kappa shape index (κ2) is 8.41. The first kappa shape index (κ1) is 20.3. The molecule has 2 aliphatic heterocycles. The molecule has 29 heavy (non-hydrogen) atoms. The number of nitrogens with one attached hydrogen (secondary N) is 1. The standard InChI is InChI=1S/C20H27N3O5S/c24-19(15-6-7-15)22-8-10-23(11-9-22)20(25)16-3-1-5-18(13-16)29(26,27)21-14-17-4-2-12-28-17/h1,3,5,13,15,17,21H,2,4,6-12,14H2/t17-/m1/s1. The number of benzene rings is 1. The van der Waals surface area contributed by atoms with Gasteiger partial charge in [-0.05, 0) is 43.9 Å². The molecule has 1 N–H and O–H groups in total. The lowest BCUT2D eigenvalue weighted by molar-refractivity contribution is -0.134. The van der Waals surface area contributed by atoms with E-state index in [9.17, 15) is 18.0 Å². The first-order chi connectivity index (χ1) is 13.9. The van der Waals surface area contributed by atoms with Crippen LogP contribution >= 0.6 is 0 Å².